The molecule has 0 bridgehead atoms. The van der Waals surface area contributed by atoms with E-state index in [0.29, 0.717) is 13.0 Å². The summed E-state index contributed by atoms with van der Waals surface area (Å²) in [6.45, 7) is 7.27. The Labute approximate surface area is 156 Å². The summed E-state index contributed by atoms with van der Waals surface area (Å²) in [5.41, 5.74) is 2.14. The minimum absolute atomic E-state index is 0. The molecular formula is C17H27IN4O. The quantitative estimate of drug-likeness (QED) is 0.429. The van der Waals surface area contributed by atoms with Gasteiger partial charge >= 0.3 is 0 Å². The number of nitrogens with zero attached hydrogens (tertiary/aromatic N) is 2. The number of nitrogens with one attached hydrogen (secondary N) is 2. The van der Waals surface area contributed by atoms with Crippen molar-refractivity contribution in [1.82, 2.24) is 10.6 Å². The summed E-state index contributed by atoms with van der Waals surface area (Å²) in [5, 5.41) is 6.42. The van der Waals surface area contributed by atoms with Crippen molar-refractivity contribution in [2.24, 2.45) is 4.99 Å². The Hall–Kier alpha value is -1.31. The highest BCUT2D eigenvalue weighted by molar-refractivity contribution is 14.0. The van der Waals surface area contributed by atoms with Crippen molar-refractivity contribution in [2.45, 2.75) is 39.7 Å². The number of anilines is 1. The van der Waals surface area contributed by atoms with Gasteiger partial charge in [0.1, 0.15) is 0 Å². The molecule has 2 N–H and O–H groups in total. The Balaban J connectivity index is 0.00000264. The van der Waals surface area contributed by atoms with Crippen LogP contribution in [-0.2, 0) is 11.3 Å². The third-order valence-electron chi connectivity index (χ3n) is 3.68. The van der Waals surface area contributed by atoms with E-state index in [4.69, 9.17) is 0 Å². The number of amides is 1. The number of carbonyl (C=O) groups excluding carboxylic acids is 1. The van der Waals surface area contributed by atoms with Crippen LogP contribution in [0.4, 0.5) is 5.69 Å². The predicted molar refractivity (Wildman–Crippen MR) is 107 cm³/mol. The van der Waals surface area contributed by atoms with Gasteiger partial charge in [0.2, 0.25) is 5.91 Å². The first-order chi connectivity index (χ1) is 10.7. The summed E-state index contributed by atoms with van der Waals surface area (Å²) in [6, 6.07) is 8.15. The van der Waals surface area contributed by atoms with Gasteiger partial charge in [-0.3, -0.25) is 4.79 Å². The van der Waals surface area contributed by atoms with Crippen molar-refractivity contribution in [1.29, 1.82) is 0 Å². The van der Waals surface area contributed by atoms with E-state index in [9.17, 15) is 4.79 Å². The van der Waals surface area contributed by atoms with Gasteiger partial charge in [0.05, 0.1) is 6.54 Å². The number of benzene rings is 1. The average Bonchev–Trinajstić information content (AvgIpc) is 2.54. The molecule has 5 nitrogen and oxygen atoms in total. The van der Waals surface area contributed by atoms with Crippen LogP contribution in [0.1, 0.15) is 38.7 Å². The molecule has 1 aliphatic heterocycles. The first kappa shape index (κ1) is 19.7. The lowest BCUT2D eigenvalue weighted by molar-refractivity contribution is -0.119. The Morgan fingerprint density at radius 3 is 2.35 bits per heavy atom. The first-order valence-electron chi connectivity index (χ1n) is 8.16. The molecule has 0 aliphatic carbocycles. The number of rotatable bonds is 5. The average molecular weight is 430 g/mol. The first-order valence-corrected chi connectivity index (χ1v) is 8.16. The van der Waals surface area contributed by atoms with E-state index < -0.39 is 0 Å². The maximum Gasteiger partial charge on any atom is 0.226 e. The largest absolute Gasteiger partial charge is 0.357 e. The van der Waals surface area contributed by atoms with Crippen molar-refractivity contribution in [3.63, 3.8) is 0 Å². The predicted octanol–water partition coefficient (Wildman–Crippen LogP) is 2.90. The molecule has 23 heavy (non-hydrogen) atoms. The number of carbonyl (C=O) groups is 1. The van der Waals surface area contributed by atoms with Crippen LogP contribution in [0.2, 0.25) is 0 Å². The monoisotopic (exact) mass is 430 g/mol. The molecule has 1 aromatic rings. The topological polar surface area (TPSA) is 56.7 Å². The van der Waals surface area contributed by atoms with Crippen LogP contribution in [0.5, 0.6) is 0 Å². The summed E-state index contributed by atoms with van der Waals surface area (Å²) in [6.07, 6.45) is 2.77. The molecule has 1 heterocycles. The molecule has 0 spiro atoms. The Bertz CT molecular complexity index is 508. The SMILES string of the molecule is CCNC(=NCc1ccc(N2CCCCC2=O)cc1)NCC.I. The van der Waals surface area contributed by atoms with Gasteiger partial charge in [-0.15, -0.1) is 24.0 Å². The molecule has 0 unspecified atom stereocenters. The third kappa shape index (κ3) is 6.01. The summed E-state index contributed by atoms with van der Waals surface area (Å²) in [4.78, 5) is 18.4. The zero-order valence-corrected chi connectivity index (χ0v) is 16.3. The second-order valence-corrected chi connectivity index (χ2v) is 5.39. The maximum absolute atomic E-state index is 11.9. The van der Waals surface area contributed by atoms with Crippen LogP contribution in [0, 0.1) is 0 Å². The lowest BCUT2D eigenvalue weighted by Gasteiger charge is -2.26. The molecule has 0 aromatic heterocycles. The lowest BCUT2D eigenvalue weighted by Crippen LogP contribution is -2.37. The zero-order valence-electron chi connectivity index (χ0n) is 14.0. The number of guanidine groups is 1. The van der Waals surface area contributed by atoms with Crippen LogP contribution in [0.25, 0.3) is 0 Å². The van der Waals surface area contributed by atoms with Crippen molar-refractivity contribution in [2.75, 3.05) is 24.5 Å². The molecule has 0 saturated carbocycles. The molecule has 0 atom stereocenters. The van der Waals surface area contributed by atoms with Crippen molar-refractivity contribution in [3.05, 3.63) is 29.8 Å². The van der Waals surface area contributed by atoms with E-state index in [1.165, 1.54) is 0 Å². The molecule has 1 aliphatic rings. The van der Waals surface area contributed by atoms with Crippen LogP contribution in [-0.4, -0.2) is 31.5 Å². The summed E-state index contributed by atoms with van der Waals surface area (Å²) in [5.74, 6) is 1.07. The Kier molecular flexibility index (Phi) is 8.98. The van der Waals surface area contributed by atoms with E-state index >= 15 is 0 Å². The van der Waals surface area contributed by atoms with Gasteiger partial charge in [-0.25, -0.2) is 4.99 Å². The molecular weight excluding hydrogens is 403 g/mol. The Morgan fingerprint density at radius 1 is 1.13 bits per heavy atom. The van der Waals surface area contributed by atoms with Crippen molar-refractivity contribution >= 4 is 41.5 Å². The second kappa shape index (κ2) is 10.5. The van der Waals surface area contributed by atoms with Gasteiger partial charge in [0.15, 0.2) is 5.96 Å². The van der Waals surface area contributed by atoms with Gasteiger partial charge in [-0.1, -0.05) is 12.1 Å². The van der Waals surface area contributed by atoms with Crippen molar-refractivity contribution < 1.29 is 4.79 Å². The molecule has 1 amide bonds. The maximum atomic E-state index is 11.9. The molecule has 1 saturated heterocycles. The molecule has 1 fully saturated rings. The van der Waals surface area contributed by atoms with E-state index in [1.807, 2.05) is 17.0 Å². The highest BCUT2D eigenvalue weighted by Gasteiger charge is 2.19. The summed E-state index contributed by atoms with van der Waals surface area (Å²) in [7, 11) is 0. The molecule has 6 heteroatoms. The normalized spacial score (nSPS) is 14.0. The van der Waals surface area contributed by atoms with Crippen LogP contribution >= 0.6 is 24.0 Å². The van der Waals surface area contributed by atoms with Crippen molar-refractivity contribution in [3.8, 4) is 0 Å². The van der Waals surface area contributed by atoms with E-state index in [0.717, 1.165) is 49.7 Å². The highest BCUT2D eigenvalue weighted by Crippen LogP contribution is 2.21. The fourth-order valence-electron chi connectivity index (χ4n) is 2.54. The fourth-order valence-corrected chi connectivity index (χ4v) is 2.54. The number of aliphatic imine (C=N–C) groups is 1. The molecule has 128 valence electrons. The van der Waals surface area contributed by atoms with Gasteiger partial charge < -0.3 is 15.5 Å². The molecule has 2 rings (SSSR count). The van der Waals surface area contributed by atoms with Gasteiger partial charge in [-0.2, -0.15) is 0 Å². The molecule has 1 aromatic carbocycles. The van der Waals surface area contributed by atoms with Crippen LogP contribution in [0.15, 0.2) is 29.3 Å². The van der Waals surface area contributed by atoms with E-state index in [-0.39, 0.29) is 29.9 Å². The number of hydrogen-bond donors (Lipinski definition) is 2. The minimum atomic E-state index is 0. The van der Waals surface area contributed by atoms with Crippen LogP contribution < -0.4 is 15.5 Å². The van der Waals surface area contributed by atoms with Crippen LogP contribution in [0.3, 0.4) is 0 Å². The van der Waals surface area contributed by atoms with Gasteiger partial charge in [-0.05, 0) is 44.4 Å². The highest BCUT2D eigenvalue weighted by atomic mass is 127. The lowest BCUT2D eigenvalue weighted by atomic mass is 10.1. The smallest absolute Gasteiger partial charge is 0.226 e. The number of piperidine rings is 1. The van der Waals surface area contributed by atoms with E-state index in [2.05, 4.69) is 41.6 Å². The fraction of sp³-hybridized carbons (Fsp3) is 0.529. The number of hydrogen-bond acceptors (Lipinski definition) is 2. The molecule has 0 radical (unpaired) electrons. The standard InChI is InChI=1S/C17H26N4O.HI/c1-3-18-17(19-4-2)20-13-14-8-10-15(11-9-14)21-12-6-5-7-16(21)22;/h8-11H,3-7,12-13H2,1-2H3,(H2,18,19,20);1H. The minimum Gasteiger partial charge on any atom is -0.357 e. The summed E-state index contributed by atoms with van der Waals surface area (Å²) < 4.78 is 0. The van der Waals surface area contributed by atoms with Gasteiger partial charge in [0, 0.05) is 31.7 Å². The summed E-state index contributed by atoms with van der Waals surface area (Å²) >= 11 is 0. The third-order valence-corrected chi connectivity index (χ3v) is 3.68. The number of halogens is 1. The Morgan fingerprint density at radius 2 is 1.78 bits per heavy atom. The van der Waals surface area contributed by atoms with Gasteiger partial charge in [0.25, 0.3) is 0 Å². The second-order valence-electron chi connectivity index (χ2n) is 5.39. The van der Waals surface area contributed by atoms with E-state index in [1.54, 1.807) is 0 Å². The zero-order chi connectivity index (χ0) is 15.8.